The number of benzene rings is 1. The molecule has 0 unspecified atom stereocenters. The minimum atomic E-state index is -3.77. The first-order valence-electron chi connectivity index (χ1n) is 6.38. The van der Waals surface area contributed by atoms with Crippen LogP contribution < -0.4 is 5.48 Å². The molecule has 118 valence electrons. The second-order valence-electron chi connectivity index (χ2n) is 4.90. The lowest BCUT2D eigenvalue weighted by molar-refractivity contribution is -0.129. The number of amides is 1. The van der Waals surface area contributed by atoms with Crippen molar-refractivity contribution in [2.75, 3.05) is 19.3 Å². The Balaban J connectivity index is 3.09. The first-order chi connectivity index (χ1) is 9.81. The lowest BCUT2D eigenvalue weighted by atomic mass is 10.2. The zero-order valence-corrected chi connectivity index (χ0v) is 13.9. The van der Waals surface area contributed by atoms with Crippen molar-refractivity contribution in [1.82, 2.24) is 9.79 Å². The number of thioether (sulfide) groups is 1. The number of carbonyl (C=O) groups excluding carboxylic acids is 1. The molecule has 0 radical (unpaired) electrons. The van der Waals surface area contributed by atoms with E-state index in [1.54, 1.807) is 12.1 Å². The lowest BCUT2D eigenvalue weighted by Gasteiger charge is -2.23. The summed E-state index contributed by atoms with van der Waals surface area (Å²) in [5.41, 5.74) is 1.46. The third kappa shape index (κ3) is 4.99. The van der Waals surface area contributed by atoms with Gasteiger partial charge in [-0.3, -0.25) is 10.0 Å². The maximum atomic E-state index is 12.6. The van der Waals surface area contributed by atoms with Crippen LogP contribution in [0, 0.1) is 5.92 Å². The lowest BCUT2D eigenvalue weighted by Crippen LogP contribution is -2.41. The number of hydroxylamine groups is 1. The van der Waals surface area contributed by atoms with Gasteiger partial charge in [0, 0.05) is 11.4 Å². The Morgan fingerprint density at radius 3 is 2.33 bits per heavy atom. The van der Waals surface area contributed by atoms with Crippen LogP contribution in [0.25, 0.3) is 0 Å². The van der Waals surface area contributed by atoms with Crippen molar-refractivity contribution in [3.63, 3.8) is 0 Å². The van der Waals surface area contributed by atoms with Crippen molar-refractivity contribution >= 4 is 27.7 Å². The van der Waals surface area contributed by atoms with Gasteiger partial charge in [-0.05, 0) is 36.4 Å². The van der Waals surface area contributed by atoms with Crippen molar-refractivity contribution in [3.05, 3.63) is 24.3 Å². The molecule has 2 N–H and O–H groups in total. The monoisotopic (exact) mass is 332 g/mol. The molecule has 1 rings (SSSR count). The van der Waals surface area contributed by atoms with Gasteiger partial charge in [0.1, 0.15) is 0 Å². The Kier molecular flexibility index (Phi) is 6.66. The summed E-state index contributed by atoms with van der Waals surface area (Å²) in [4.78, 5) is 12.4. The van der Waals surface area contributed by atoms with E-state index in [2.05, 4.69) is 0 Å². The highest BCUT2D eigenvalue weighted by Crippen LogP contribution is 2.21. The molecule has 0 aliphatic carbocycles. The number of nitrogens with one attached hydrogen (secondary N) is 1. The van der Waals surface area contributed by atoms with Crippen LogP contribution >= 0.6 is 11.8 Å². The third-order valence-corrected chi connectivity index (χ3v) is 5.28. The molecule has 0 saturated heterocycles. The number of nitrogens with zero attached hydrogens (tertiary/aromatic N) is 1. The molecular formula is C13H20N2O4S2. The highest BCUT2D eigenvalue weighted by Gasteiger charge is 2.27. The van der Waals surface area contributed by atoms with E-state index in [1.807, 2.05) is 20.1 Å². The molecule has 0 atom stereocenters. The van der Waals surface area contributed by atoms with Crippen LogP contribution in [0.3, 0.4) is 0 Å². The van der Waals surface area contributed by atoms with E-state index in [0.29, 0.717) is 0 Å². The maximum Gasteiger partial charge on any atom is 0.258 e. The minimum Gasteiger partial charge on any atom is -0.289 e. The van der Waals surface area contributed by atoms with Crippen molar-refractivity contribution in [3.8, 4) is 0 Å². The Labute approximate surface area is 129 Å². The molecule has 8 heteroatoms. The first kappa shape index (κ1) is 18.0. The maximum absolute atomic E-state index is 12.6. The summed E-state index contributed by atoms with van der Waals surface area (Å²) in [6.07, 6.45) is 1.90. The summed E-state index contributed by atoms with van der Waals surface area (Å²) in [6, 6.07) is 6.48. The van der Waals surface area contributed by atoms with E-state index in [9.17, 15) is 13.2 Å². The fourth-order valence-corrected chi connectivity index (χ4v) is 3.72. The van der Waals surface area contributed by atoms with Gasteiger partial charge >= 0.3 is 0 Å². The predicted octanol–water partition coefficient (Wildman–Crippen LogP) is 1.56. The van der Waals surface area contributed by atoms with E-state index in [0.717, 1.165) is 9.20 Å². The molecule has 1 aromatic rings. The van der Waals surface area contributed by atoms with Gasteiger partial charge in [-0.1, -0.05) is 13.8 Å². The Morgan fingerprint density at radius 1 is 1.33 bits per heavy atom. The van der Waals surface area contributed by atoms with E-state index in [4.69, 9.17) is 5.21 Å². The standard InChI is InChI=1S/C13H20N2O4S2/c1-10(2)8-15(9-13(16)14-17)21(18,19)12-6-4-11(20-3)5-7-12/h4-7,10,17H,8-9H2,1-3H3,(H,14,16). The topological polar surface area (TPSA) is 86.7 Å². The van der Waals surface area contributed by atoms with Gasteiger partial charge in [-0.2, -0.15) is 4.31 Å². The minimum absolute atomic E-state index is 0.0525. The van der Waals surface area contributed by atoms with Crippen molar-refractivity contribution in [2.45, 2.75) is 23.6 Å². The average molecular weight is 332 g/mol. The largest absolute Gasteiger partial charge is 0.289 e. The average Bonchev–Trinajstić information content (AvgIpc) is 2.45. The normalized spacial score (nSPS) is 11.9. The van der Waals surface area contributed by atoms with Gasteiger partial charge in [0.05, 0.1) is 11.4 Å². The molecule has 0 bridgehead atoms. The second kappa shape index (κ2) is 7.79. The fourth-order valence-electron chi connectivity index (χ4n) is 1.75. The van der Waals surface area contributed by atoms with Crippen LogP contribution in [0.4, 0.5) is 0 Å². The molecule has 0 aliphatic heterocycles. The van der Waals surface area contributed by atoms with Crippen molar-refractivity contribution in [2.24, 2.45) is 5.92 Å². The van der Waals surface area contributed by atoms with Gasteiger partial charge in [-0.15, -0.1) is 11.8 Å². The summed E-state index contributed by atoms with van der Waals surface area (Å²) < 4.78 is 26.2. The molecule has 0 aromatic heterocycles. The number of sulfonamides is 1. The van der Waals surface area contributed by atoms with Gasteiger partial charge in [0.2, 0.25) is 10.0 Å². The van der Waals surface area contributed by atoms with Gasteiger partial charge in [0.15, 0.2) is 0 Å². The Morgan fingerprint density at radius 2 is 1.90 bits per heavy atom. The second-order valence-corrected chi connectivity index (χ2v) is 7.72. The van der Waals surface area contributed by atoms with Crippen LogP contribution in [-0.4, -0.2) is 43.2 Å². The number of rotatable bonds is 7. The molecule has 0 spiro atoms. The zero-order chi connectivity index (χ0) is 16.0. The van der Waals surface area contributed by atoms with Crippen LogP contribution in [0.1, 0.15) is 13.8 Å². The van der Waals surface area contributed by atoms with Gasteiger partial charge in [-0.25, -0.2) is 13.9 Å². The summed E-state index contributed by atoms with van der Waals surface area (Å²) in [5, 5.41) is 8.60. The van der Waals surface area contributed by atoms with Gasteiger partial charge in [0.25, 0.3) is 5.91 Å². The van der Waals surface area contributed by atoms with Gasteiger partial charge < -0.3 is 0 Å². The van der Waals surface area contributed by atoms with E-state index in [1.165, 1.54) is 29.4 Å². The third-order valence-electron chi connectivity index (χ3n) is 2.71. The van der Waals surface area contributed by atoms with E-state index < -0.39 is 22.5 Å². The molecule has 1 aromatic carbocycles. The van der Waals surface area contributed by atoms with E-state index in [-0.39, 0.29) is 17.4 Å². The molecule has 21 heavy (non-hydrogen) atoms. The molecule has 1 amide bonds. The summed E-state index contributed by atoms with van der Waals surface area (Å²) >= 11 is 1.52. The summed E-state index contributed by atoms with van der Waals surface area (Å²) in [7, 11) is -3.77. The molecule has 6 nitrogen and oxygen atoms in total. The first-order valence-corrected chi connectivity index (χ1v) is 9.05. The highest BCUT2D eigenvalue weighted by molar-refractivity contribution is 7.98. The van der Waals surface area contributed by atoms with Crippen LogP contribution in [-0.2, 0) is 14.8 Å². The van der Waals surface area contributed by atoms with E-state index >= 15 is 0 Å². The number of hydrogen-bond donors (Lipinski definition) is 2. The van der Waals surface area contributed by atoms with Crippen LogP contribution in [0.2, 0.25) is 0 Å². The SMILES string of the molecule is CSc1ccc(S(=O)(=O)N(CC(=O)NO)CC(C)C)cc1. The smallest absolute Gasteiger partial charge is 0.258 e. The molecular weight excluding hydrogens is 312 g/mol. The number of hydrogen-bond acceptors (Lipinski definition) is 5. The molecule has 0 fully saturated rings. The Hall–Kier alpha value is -1.09. The highest BCUT2D eigenvalue weighted by atomic mass is 32.2. The van der Waals surface area contributed by atoms with Crippen LogP contribution in [0.5, 0.6) is 0 Å². The quantitative estimate of drug-likeness (QED) is 0.449. The summed E-state index contributed by atoms with van der Waals surface area (Å²) in [6.45, 7) is 3.49. The molecule has 0 saturated carbocycles. The van der Waals surface area contributed by atoms with Crippen LogP contribution in [0.15, 0.2) is 34.1 Å². The zero-order valence-electron chi connectivity index (χ0n) is 12.2. The molecule has 0 aliphatic rings. The predicted molar refractivity (Wildman–Crippen MR) is 81.7 cm³/mol. The Bertz CT molecular complexity index is 570. The summed E-state index contributed by atoms with van der Waals surface area (Å²) in [5.74, 6) is -0.711. The van der Waals surface area contributed by atoms with Crippen molar-refractivity contribution in [1.29, 1.82) is 0 Å². The number of carbonyl (C=O) groups is 1. The molecule has 0 heterocycles. The van der Waals surface area contributed by atoms with Crippen molar-refractivity contribution < 1.29 is 18.4 Å². The fraction of sp³-hybridized carbons (Fsp3) is 0.462.